The van der Waals surface area contributed by atoms with Crippen molar-refractivity contribution in [2.45, 2.75) is 13.8 Å². The zero-order valence-electron chi connectivity index (χ0n) is 8.33. The summed E-state index contributed by atoms with van der Waals surface area (Å²) < 4.78 is 0. The quantitative estimate of drug-likeness (QED) is 0.398. The molecule has 0 unspecified atom stereocenters. The maximum atomic E-state index is 3.96. The Morgan fingerprint density at radius 2 is 1.85 bits per heavy atom. The molecule has 0 aliphatic heterocycles. The lowest BCUT2D eigenvalue weighted by molar-refractivity contribution is 1.38. The molecule has 0 bridgehead atoms. The Hall–Kier alpha value is -1.02. The molecule has 2 heteroatoms. The van der Waals surface area contributed by atoms with E-state index in [0.717, 1.165) is 5.57 Å². The van der Waals surface area contributed by atoms with Gasteiger partial charge in [0.25, 0.3) is 0 Å². The van der Waals surface area contributed by atoms with Gasteiger partial charge in [-0.25, -0.2) is 0 Å². The van der Waals surface area contributed by atoms with Crippen LogP contribution in [0.1, 0.15) is 13.8 Å². The molecule has 0 radical (unpaired) electrons. The third-order valence-corrected chi connectivity index (χ3v) is 1.35. The van der Waals surface area contributed by atoms with Gasteiger partial charge in [-0.2, -0.15) is 0 Å². The SMILES string of the molecule is C=C/C=C(C=C)\C(=C/S)N=C.CC. The summed E-state index contributed by atoms with van der Waals surface area (Å²) in [6.07, 6.45) is 5.14. The van der Waals surface area contributed by atoms with Crippen molar-refractivity contribution >= 4 is 19.3 Å². The predicted molar refractivity (Wildman–Crippen MR) is 66.4 cm³/mol. The van der Waals surface area contributed by atoms with Crippen molar-refractivity contribution in [3.63, 3.8) is 0 Å². The Morgan fingerprint density at radius 1 is 1.31 bits per heavy atom. The van der Waals surface area contributed by atoms with E-state index < -0.39 is 0 Å². The van der Waals surface area contributed by atoms with E-state index in [9.17, 15) is 0 Å². The molecular weight excluding hydrogens is 178 g/mol. The van der Waals surface area contributed by atoms with Crippen molar-refractivity contribution in [2.24, 2.45) is 4.99 Å². The first-order chi connectivity index (χ1) is 6.29. The topological polar surface area (TPSA) is 12.4 Å². The lowest BCUT2D eigenvalue weighted by Gasteiger charge is -1.97. The molecule has 0 rings (SSSR count). The third-order valence-electron chi connectivity index (χ3n) is 1.11. The van der Waals surface area contributed by atoms with Crippen LogP contribution in [0, 0.1) is 0 Å². The lowest BCUT2D eigenvalue weighted by Crippen LogP contribution is -1.79. The Bertz CT molecular complexity index is 224. The highest BCUT2D eigenvalue weighted by molar-refractivity contribution is 7.83. The van der Waals surface area contributed by atoms with Gasteiger partial charge in [-0.1, -0.05) is 45.2 Å². The molecule has 72 valence electrons. The number of hydrogen-bond donors (Lipinski definition) is 1. The van der Waals surface area contributed by atoms with Crippen LogP contribution in [0.25, 0.3) is 0 Å². The van der Waals surface area contributed by atoms with Crippen LogP contribution in [-0.4, -0.2) is 6.72 Å². The van der Waals surface area contributed by atoms with Gasteiger partial charge in [0, 0.05) is 0 Å². The maximum Gasteiger partial charge on any atom is 0.0754 e. The summed E-state index contributed by atoms with van der Waals surface area (Å²) >= 11 is 3.96. The van der Waals surface area contributed by atoms with Crippen LogP contribution in [-0.2, 0) is 0 Å². The number of allylic oxidation sites excluding steroid dienone is 3. The molecule has 0 aliphatic rings. The molecular formula is C11H17NS. The van der Waals surface area contributed by atoms with E-state index in [-0.39, 0.29) is 0 Å². The molecule has 0 spiro atoms. The van der Waals surface area contributed by atoms with Crippen LogP contribution < -0.4 is 0 Å². The van der Waals surface area contributed by atoms with Crippen molar-refractivity contribution in [2.75, 3.05) is 0 Å². The standard InChI is InChI=1S/C9H11NS.C2H6/c1-4-6-8(5-2)9(7-11)10-3;1-2/h4-7,11H,1-3H2;1-2H3/b8-6-,9-7+;. The van der Waals surface area contributed by atoms with Gasteiger partial charge in [-0.3, -0.25) is 4.99 Å². The summed E-state index contributed by atoms with van der Waals surface area (Å²) in [5, 5.41) is 1.57. The van der Waals surface area contributed by atoms with Crippen LogP contribution >= 0.6 is 12.6 Å². The lowest BCUT2D eigenvalue weighted by atomic mass is 10.2. The summed E-state index contributed by atoms with van der Waals surface area (Å²) in [5.74, 6) is 0. The molecule has 0 amide bonds. The minimum Gasteiger partial charge on any atom is -0.264 e. The number of rotatable bonds is 4. The highest BCUT2D eigenvalue weighted by Crippen LogP contribution is 2.12. The van der Waals surface area contributed by atoms with Gasteiger partial charge in [0.1, 0.15) is 0 Å². The fourth-order valence-electron chi connectivity index (χ4n) is 0.592. The van der Waals surface area contributed by atoms with Crippen molar-refractivity contribution in [1.82, 2.24) is 0 Å². The molecule has 0 aromatic heterocycles. The third kappa shape index (κ3) is 6.17. The fourth-order valence-corrected chi connectivity index (χ4v) is 0.822. The van der Waals surface area contributed by atoms with E-state index in [4.69, 9.17) is 0 Å². The van der Waals surface area contributed by atoms with Crippen molar-refractivity contribution in [1.29, 1.82) is 0 Å². The van der Waals surface area contributed by atoms with E-state index in [1.807, 2.05) is 13.8 Å². The van der Waals surface area contributed by atoms with E-state index in [2.05, 4.69) is 37.5 Å². The van der Waals surface area contributed by atoms with Gasteiger partial charge < -0.3 is 0 Å². The summed E-state index contributed by atoms with van der Waals surface area (Å²) in [6, 6.07) is 0. The van der Waals surface area contributed by atoms with E-state index in [1.165, 1.54) is 0 Å². The normalized spacial score (nSPS) is 11.0. The molecule has 0 aliphatic carbocycles. The minimum absolute atomic E-state index is 0.697. The first-order valence-electron chi connectivity index (χ1n) is 4.06. The maximum absolute atomic E-state index is 3.96. The average molecular weight is 195 g/mol. The first-order valence-corrected chi connectivity index (χ1v) is 4.58. The molecule has 0 saturated carbocycles. The van der Waals surface area contributed by atoms with Gasteiger partial charge in [0.05, 0.1) is 5.70 Å². The highest BCUT2D eigenvalue weighted by atomic mass is 32.1. The zero-order chi connectivity index (χ0) is 10.7. The minimum atomic E-state index is 0.697. The Balaban J connectivity index is 0. The Kier molecular flexibility index (Phi) is 12.2. The Morgan fingerprint density at radius 3 is 2.08 bits per heavy atom. The second kappa shape index (κ2) is 11.0. The molecule has 0 aromatic carbocycles. The van der Waals surface area contributed by atoms with Gasteiger partial charge in [0.2, 0.25) is 0 Å². The molecule has 0 atom stereocenters. The zero-order valence-corrected chi connectivity index (χ0v) is 9.22. The molecule has 0 aromatic rings. The van der Waals surface area contributed by atoms with Crippen LogP contribution in [0.15, 0.2) is 53.1 Å². The van der Waals surface area contributed by atoms with Crippen molar-refractivity contribution in [3.8, 4) is 0 Å². The van der Waals surface area contributed by atoms with Crippen LogP contribution in [0.3, 0.4) is 0 Å². The van der Waals surface area contributed by atoms with Crippen molar-refractivity contribution in [3.05, 3.63) is 48.1 Å². The van der Waals surface area contributed by atoms with E-state index in [0.29, 0.717) is 5.70 Å². The number of aliphatic imine (C=N–C) groups is 1. The summed E-state index contributed by atoms with van der Waals surface area (Å²) in [6.45, 7) is 14.6. The summed E-state index contributed by atoms with van der Waals surface area (Å²) in [7, 11) is 0. The second-order valence-electron chi connectivity index (χ2n) is 1.73. The van der Waals surface area contributed by atoms with Crippen LogP contribution in [0.2, 0.25) is 0 Å². The fraction of sp³-hybridized carbons (Fsp3) is 0.182. The molecule has 0 N–H and O–H groups in total. The summed E-state index contributed by atoms with van der Waals surface area (Å²) in [4.78, 5) is 3.74. The van der Waals surface area contributed by atoms with E-state index >= 15 is 0 Å². The smallest absolute Gasteiger partial charge is 0.0754 e. The number of nitrogens with zero attached hydrogens (tertiary/aromatic N) is 1. The predicted octanol–water partition coefficient (Wildman–Crippen LogP) is 3.78. The van der Waals surface area contributed by atoms with Gasteiger partial charge >= 0.3 is 0 Å². The first kappa shape index (κ1) is 14.5. The van der Waals surface area contributed by atoms with Crippen LogP contribution in [0.5, 0.6) is 0 Å². The van der Waals surface area contributed by atoms with E-state index in [1.54, 1.807) is 23.6 Å². The number of hydrogen-bond acceptors (Lipinski definition) is 2. The van der Waals surface area contributed by atoms with Crippen molar-refractivity contribution < 1.29 is 0 Å². The molecule has 13 heavy (non-hydrogen) atoms. The van der Waals surface area contributed by atoms with Gasteiger partial charge in [0.15, 0.2) is 0 Å². The molecule has 0 saturated heterocycles. The monoisotopic (exact) mass is 195 g/mol. The molecule has 1 nitrogen and oxygen atoms in total. The average Bonchev–Trinajstić information content (AvgIpc) is 2.21. The largest absolute Gasteiger partial charge is 0.264 e. The second-order valence-corrected chi connectivity index (χ2v) is 1.99. The molecule has 0 fully saturated rings. The number of thiol groups is 1. The van der Waals surface area contributed by atoms with Gasteiger partial charge in [-0.05, 0) is 17.7 Å². The summed E-state index contributed by atoms with van der Waals surface area (Å²) in [5.41, 5.74) is 1.56. The van der Waals surface area contributed by atoms with Gasteiger partial charge in [-0.15, -0.1) is 12.6 Å². The Labute approximate surface area is 86.7 Å². The molecule has 0 heterocycles. The highest BCUT2D eigenvalue weighted by Gasteiger charge is 1.94. The van der Waals surface area contributed by atoms with Crippen LogP contribution in [0.4, 0.5) is 0 Å².